The highest BCUT2D eigenvalue weighted by Gasteiger charge is 2.29. The van der Waals surface area contributed by atoms with E-state index in [1.165, 1.54) is 6.08 Å². The lowest BCUT2D eigenvalue weighted by atomic mass is 10.2. The molecule has 1 rings (SSSR count). The maximum atomic E-state index is 11.7. The zero-order valence-electron chi connectivity index (χ0n) is 10.5. The number of aliphatic carboxylic acids is 1. The van der Waals surface area contributed by atoms with E-state index in [1.807, 2.05) is 0 Å². The first-order chi connectivity index (χ1) is 8.58. The van der Waals surface area contributed by atoms with Crippen LogP contribution in [-0.4, -0.2) is 42.4 Å². The van der Waals surface area contributed by atoms with E-state index in [-0.39, 0.29) is 18.6 Å². The van der Waals surface area contributed by atoms with Gasteiger partial charge in [0.25, 0.3) is 0 Å². The van der Waals surface area contributed by atoms with E-state index in [4.69, 9.17) is 9.84 Å². The molecule has 1 aliphatic rings. The summed E-state index contributed by atoms with van der Waals surface area (Å²) in [5.74, 6) is -1.07. The second-order valence-corrected chi connectivity index (χ2v) is 4.34. The van der Waals surface area contributed by atoms with E-state index in [9.17, 15) is 9.59 Å². The third kappa shape index (κ3) is 4.03. The Kier molecular flexibility index (Phi) is 5.64. The van der Waals surface area contributed by atoms with E-state index in [0.29, 0.717) is 0 Å². The molecule has 0 aliphatic heterocycles. The largest absolute Gasteiger partial charge is 0.480 e. The molecule has 2 amide bonds. The average Bonchev–Trinajstić information content (AvgIpc) is 2.75. The first-order valence-corrected chi connectivity index (χ1v) is 6.02. The zero-order valence-corrected chi connectivity index (χ0v) is 10.5. The van der Waals surface area contributed by atoms with Crippen molar-refractivity contribution < 1.29 is 19.4 Å². The number of ether oxygens (including phenoxy) is 1. The second-order valence-electron chi connectivity index (χ2n) is 4.34. The van der Waals surface area contributed by atoms with Crippen molar-refractivity contribution in [2.45, 2.75) is 43.9 Å². The Morgan fingerprint density at radius 1 is 1.56 bits per heavy atom. The molecule has 0 aromatic rings. The van der Waals surface area contributed by atoms with Crippen LogP contribution in [0.2, 0.25) is 0 Å². The Morgan fingerprint density at radius 2 is 2.28 bits per heavy atom. The molecule has 0 spiro atoms. The molecule has 0 aromatic heterocycles. The number of urea groups is 1. The van der Waals surface area contributed by atoms with Gasteiger partial charge in [-0.05, 0) is 25.7 Å². The molecule has 18 heavy (non-hydrogen) atoms. The fourth-order valence-electron chi connectivity index (χ4n) is 2.13. The summed E-state index contributed by atoms with van der Waals surface area (Å²) in [5.41, 5.74) is 0. The van der Waals surface area contributed by atoms with Crippen molar-refractivity contribution in [1.82, 2.24) is 10.6 Å². The smallest absolute Gasteiger partial charge is 0.326 e. The fraction of sp³-hybridized carbons (Fsp3) is 0.667. The highest BCUT2D eigenvalue weighted by molar-refractivity contribution is 5.82. The van der Waals surface area contributed by atoms with Gasteiger partial charge in [-0.1, -0.05) is 6.08 Å². The highest BCUT2D eigenvalue weighted by atomic mass is 16.5. The molecule has 0 heterocycles. The zero-order chi connectivity index (χ0) is 13.5. The van der Waals surface area contributed by atoms with Crippen LogP contribution in [0, 0.1) is 0 Å². The molecule has 1 aliphatic carbocycles. The third-order valence-corrected chi connectivity index (χ3v) is 3.08. The van der Waals surface area contributed by atoms with Crippen LogP contribution >= 0.6 is 0 Å². The topological polar surface area (TPSA) is 87.7 Å². The van der Waals surface area contributed by atoms with Crippen molar-refractivity contribution in [1.29, 1.82) is 0 Å². The lowest BCUT2D eigenvalue weighted by molar-refractivity contribution is -0.139. The van der Waals surface area contributed by atoms with Crippen molar-refractivity contribution in [3.05, 3.63) is 12.7 Å². The predicted octanol–water partition coefficient (Wildman–Crippen LogP) is 0.882. The van der Waals surface area contributed by atoms with E-state index in [0.717, 1.165) is 19.3 Å². The normalized spacial score (nSPS) is 24.3. The van der Waals surface area contributed by atoms with Crippen molar-refractivity contribution in [3.63, 3.8) is 0 Å². The van der Waals surface area contributed by atoms with Gasteiger partial charge in [-0.2, -0.15) is 0 Å². The Balaban J connectivity index is 2.44. The molecule has 3 atom stereocenters. The summed E-state index contributed by atoms with van der Waals surface area (Å²) in [6, 6.07) is -1.46. The number of amides is 2. The van der Waals surface area contributed by atoms with Gasteiger partial charge in [-0.3, -0.25) is 0 Å². The van der Waals surface area contributed by atoms with Crippen LogP contribution in [-0.2, 0) is 9.53 Å². The third-order valence-electron chi connectivity index (χ3n) is 3.08. The SMILES string of the molecule is C=CCC(NC(=O)NC1CCCC1OC)C(=O)O. The first-order valence-electron chi connectivity index (χ1n) is 6.02. The maximum Gasteiger partial charge on any atom is 0.326 e. The fourth-order valence-corrected chi connectivity index (χ4v) is 2.13. The summed E-state index contributed by atoms with van der Waals surface area (Å²) in [6.45, 7) is 3.46. The number of carboxylic acids is 1. The minimum atomic E-state index is -1.07. The monoisotopic (exact) mass is 256 g/mol. The number of methoxy groups -OCH3 is 1. The van der Waals surface area contributed by atoms with Gasteiger partial charge in [-0.15, -0.1) is 6.58 Å². The molecule has 1 fully saturated rings. The average molecular weight is 256 g/mol. The number of hydrogen-bond donors (Lipinski definition) is 3. The number of nitrogens with one attached hydrogen (secondary N) is 2. The summed E-state index contributed by atoms with van der Waals surface area (Å²) in [7, 11) is 1.61. The molecule has 102 valence electrons. The van der Waals surface area contributed by atoms with Crippen LogP contribution in [0.15, 0.2) is 12.7 Å². The predicted molar refractivity (Wildman–Crippen MR) is 66.3 cm³/mol. The van der Waals surface area contributed by atoms with Gasteiger partial charge in [0.05, 0.1) is 12.1 Å². The molecule has 6 nitrogen and oxygen atoms in total. The van der Waals surface area contributed by atoms with Crippen molar-refractivity contribution in [3.8, 4) is 0 Å². The van der Waals surface area contributed by atoms with Crippen LogP contribution in [0.5, 0.6) is 0 Å². The van der Waals surface area contributed by atoms with Crippen LogP contribution < -0.4 is 10.6 Å². The second kappa shape index (κ2) is 7.00. The van der Waals surface area contributed by atoms with E-state index in [1.54, 1.807) is 7.11 Å². The van der Waals surface area contributed by atoms with Crippen LogP contribution in [0.25, 0.3) is 0 Å². The van der Waals surface area contributed by atoms with Crippen LogP contribution in [0.4, 0.5) is 4.79 Å². The molecule has 0 aromatic carbocycles. The van der Waals surface area contributed by atoms with Gasteiger partial charge in [0.1, 0.15) is 6.04 Å². The van der Waals surface area contributed by atoms with E-state index < -0.39 is 18.0 Å². The summed E-state index contributed by atoms with van der Waals surface area (Å²) in [5, 5.41) is 14.1. The number of carbonyl (C=O) groups excluding carboxylic acids is 1. The Labute approximate surface area is 106 Å². The molecule has 0 saturated heterocycles. The Hall–Kier alpha value is -1.56. The number of carbonyl (C=O) groups is 2. The molecular weight excluding hydrogens is 236 g/mol. The Morgan fingerprint density at radius 3 is 2.83 bits per heavy atom. The molecule has 0 radical (unpaired) electrons. The lowest BCUT2D eigenvalue weighted by Gasteiger charge is -2.21. The molecule has 0 bridgehead atoms. The molecule has 3 unspecified atom stereocenters. The van der Waals surface area contributed by atoms with E-state index in [2.05, 4.69) is 17.2 Å². The molecule has 6 heteroatoms. The van der Waals surface area contributed by atoms with Gasteiger partial charge in [-0.25, -0.2) is 9.59 Å². The van der Waals surface area contributed by atoms with Crippen LogP contribution in [0.1, 0.15) is 25.7 Å². The van der Waals surface area contributed by atoms with Gasteiger partial charge in [0.2, 0.25) is 0 Å². The van der Waals surface area contributed by atoms with Crippen molar-refractivity contribution in [2.75, 3.05) is 7.11 Å². The van der Waals surface area contributed by atoms with Crippen molar-refractivity contribution in [2.24, 2.45) is 0 Å². The molecular formula is C12H20N2O4. The minimum Gasteiger partial charge on any atom is -0.480 e. The maximum absolute atomic E-state index is 11.7. The number of hydrogen-bond acceptors (Lipinski definition) is 3. The quantitative estimate of drug-likeness (QED) is 0.616. The van der Waals surface area contributed by atoms with Gasteiger partial charge in [0, 0.05) is 7.11 Å². The first kappa shape index (κ1) is 14.5. The number of carboxylic acid groups (broad SMARTS) is 1. The van der Waals surface area contributed by atoms with E-state index >= 15 is 0 Å². The summed E-state index contributed by atoms with van der Waals surface area (Å²) >= 11 is 0. The summed E-state index contributed by atoms with van der Waals surface area (Å²) in [6.07, 6.45) is 4.44. The number of rotatable bonds is 6. The lowest BCUT2D eigenvalue weighted by Crippen LogP contribution is -2.50. The van der Waals surface area contributed by atoms with Crippen molar-refractivity contribution >= 4 is 12.0 Å². The Bertz CT molecular complexity index is 319. The van der Waals surface area contributed by atoms with Crippen LogP contribution in [0.3, 0.4) is 0 Å². The van der Waals surface area contributed by atoms with Gasteiger partial charge < -0.3 is 20.5 Å². The molecule has 1 saturated carbocycles. The van der Waals surface area contributed by atoms with Gasteiger partial charge in [0.15, 0.2) is 0 Å². The minimum absolute atomic E-state index is 0.0124. The summed E-state index contributed by atoms with van der Waals surface area (Å²) < 4.78 is 5.25. The van der Waals surface area contributed by atoms with Gasteiger partial charge >= 0.3 is 12.0 Å². The molecule has 3 N–H and O–H groups in total. The summed E-state index contributed by atoms with van der Waals surface area (Å²) in [4.78, 5) is 22.5. The standard InChI is InChI=1S/C12H20N2O4/c1-3-5-9(11(15)16)14-12(17)13-8-6-4-7-10(8)18-2/h3,8-10H,1,4-7H2,2H3,(H,15,16)(H2,13,14,17). The highest BCUT2D eigenvalue weighted by Crippen LogP contribution is 2.21.